The molecule has 3 aromatic carbocycles. The number of nitrogens with one attached hydrogen (secondary N) is 1. The number of ketones is 1. The van der Waals surface area contributed by atoms with Crippen molar-refractivity contribution in [2.75, 3.05) is 6.54 Å². The van der Waals surface area contributed by atoms with E-state index in [1.54, 1.807) is 0 Å². The third-order valence-corrected chi connectivity index (χ3v) is 4.47. The van der Waals surface area contributed by atoms with Crippen LogP contribution in [0.1, 0.15) is 39.1 Å². The Bertz CT molecular complexity index is 1130. The highest BCUT2D eigenvalue weighted by Crippen LogP contribution is 2.17. The highest BCUT2D eigenvalue weighted by molar-refractivity contribution is 6.09. The van der Waals surface area contributed by atoms with Gasteiger partial charge < -0.3 is 10.1 Å². The molecule has 32 heavy (non-hydrogen) atoms. The molecule has 8 heteroatoms. The van der Waals surface area contributed by atoms with E-state index in [2.05, 4.69) is 5.32 Å². The molecule has 0 unspecified atom stereocenters. The summed E-state index contributed by atoms with van der Waals surface area (Å²) in [4.78, 5) is 36.2. The topological polar surface area (TPSA) is 72.5 Å². The summed E-state index contributed by atoms with van der Waals surface area (Å²) in [6, 6.07) is 13.7. The number of benzene rings is 3. The van der Waals surface area contributed by atoms with Gasteiger partial charge in [-0.1, -0.05) is 0 Å². The Labute approximate surface area is 181 Å². The summed E-state index contributed by atoms with van der Waals surface area (Å²) in [6.07, 6.45) is 0.233. The molecule has 0 aliphatic heterocycles. The molecule has 1 N–H and O–H groups in total. The van der Waals surface area contributed by atoms with Crippen LogP contribution in [-0.4, -0.2) is 24.2 Å². The fraction of sp³-hybridized carbons (Fsp3) is 0.125. The Morgan fingerprint density at radius 2 is 1.38 bits per heavy atom. The Morgan fingerprint density at radius 3 is 2.00 bits per heavy atom. The van der Waals surface area contributed by atoms with Crippen LogP contribution in [0.25, 0.3) is 0 Å². The van der Waals surface area contributed by atoms with Gasteiger partial charge in [0, 0.05) is 30.2 Å². The molecule has 0 aromatic heterocycles. The third kappa shape index (κ3) is 6.04. The zero-order valence-electron chi connectivity index (χ0n) is 16.7. The van der Waals surface area contributed by atoms with Crippen molar-refractivity contribution in [1.82, 2.24) is 5.32 Å². The smallest absolute Gasteiger partial charge is 0.311 e. The first-order valence-corrected chi connectivity index (χ1v) is 9.68. The number of ether oxygens (including phenoxy) is 1. The Kier molecular flexibility index (Phi) is 7.38. The van der Waals surface area contributed by atoms with Crippen molar-refractivity contribution in [3.05, 3.63) is 101 Å². The average molecular weight is 441 g/mol. The fourth-order valence-corrected chi connectivity index (χ4v) is 2.83. The second kappa shape index (κ2) is 10.4. The third-order valence-electron chi connectivity index (χ3n) is 4.47. The van der Waals surface area contributed by atoms with Crippen LogP contribution in [0.2, 0.25) is 0 Å². The molecule has 0 aliphatic rings. The molecule has 1 amide bonds. The van der Waals surface area contributed by atoms with E-state index in [0.717, 1.165) is 12.1 Å². The maximum Gasteiger partial charge on any atom is 0.311 e. The van der Waals surface area contributed by atoms with Crippen molar-refractivity contribution in [1.29, 1.82) is 0 Å². The van der Waals surface area contributed by atoms with Gasteiger partial charge in [-0.25, -0.2) is 13.2 Å². The van der Waals surface area contributed by atoms with Crippen LogP contribution in [0.3, 0.4) is 0 Å². The minimum atomic E-state index is -0.969. The number of hydrogen-bond donors (Lipinski definition) is 1. The molecule has 0 atom stereocenters. The summed E-state index contributed by atoms with van der Waals surface area (Å²) in [5, 5.41) is 2.45. The Morgan fingerprint density at radius 1 is 0.781 bits per heavy atom. The van der Waals surface area contributed by atoms with Crippen molar-refractivity contribution in [2.24, 2.45) is 0 Å². The molecule has 0 fully saturated rings. The van der Waals surface area contributed by atoms with Gasteiger partial charge in [0.2, 0.25) is 0 Å². The maximum absolute atomic E-state index is 13.6. The van der Waals surface area contributed by atoms with Crippen LogP contribution in [0.15, 0.2) is 66.7 Å². The SMILES string of the molecule is O=C(CCCNC(=O)c1ccc(F)cc1F)Oc1ccc(C(=O)c2ccc(F)cc2)cc1. The fourth-order valence-electron chi connectivity index (χ4n) is 2.83. The number of hydrogen-bond acceptors (Lipinski definition) is 4. The van der Waals surface area contributed by atoms with Crippen LogP contribution in [0, 0.1) is 17.5 Å². The monoisotopic (exact) mass is 441 g/mol. The van der Waals surface area contributed by atoms with Crippen molar-refractivity contribution < 1.29 is 32.3 Å². The summed E-state index contributed by atoms with van der Waals surface area (Å²) in [6.45, 7) is 0.0931. The van der Waals surface area contributed by atoms with E-state index in [0.29, 0.717) is 17.2 Å². The average Bonchev–Trinajstić information content (AvgIpc) is 2.77. The molecule has 0 aliphatic carbocycles. The van der Waals surface area contributed by atoms with Gasteiger partial charge in [0.05, 0.1) is 5.56 Å². The highest BCUT2D eigenvalue weighted by Gasteiger charge is 2.13. The number of carbonyl (C=O) groups is 3. The molecule has 5 nitrogen and oxygen atoms in total. The molecular formula is C24H18F3NO4. The first-order chi connectivity index (χ1) is 15.3. The summed E-state index contributed by atoms with van der Waals surface area (Å²) in [5.41, 5.74) is 0.398. The van der Waals surface area contributed by atoms with Gasteiger partial charge in [0.1, 0.15) is 23.2 Å². The van der Waals surface area contributed by atoms with Gasteiger partial charge in [0.25, 0.3) is 5.91 Å². The quantitative estimate of drug-likeness (QED) is 0.243. The van der Waals surface area contributed by atoms with E-state index < -0.39 is 29.3 Å². The molecule has 0 heterocycles. The van der Waals surface area contributed by atoms with Gasteiger partial charge in [-0.05, 0) is 67.1 Å². The van der Waals surface area contributed by atoms with Gasteiger partial charge in [-0.3, -0.25) is 14.4 Å². The van der Waals surface area contributed by atoms with E-state index in [4.69, 9.17) is 4.74 Å². The van der Waals surface area contributed by atoms with Gasteiger partial charge in [-0.15, -0.1) is 0 Å². The van der Waals surface area contributed by atoms with Gasteiger partial charge >= 0.3 is 5.97 Å². The molecule has 0 saturated carbocycles. The molecule has 0 saturated heterocycles. The lowest BCUT2D eigenvalue weighted by Gasteiger charge is -2.07. The molecule has 0 spiro atoms. The van der Waals surface area contributed by atoms with E-state index in [1.807, 2.05) is 0 Å². The lowest BCUT2D eigenvalue weighted by Crippen LogP contribution is -2.26. The Hall–Kier alpha value is -3.94. The predicted octanol–water partition coefficient (Wildman–Crippen LogP) is 4.45. The lowest BCUT2D eigenvalue weighted by molar-refractivity contribution is -0.134. The zero-order valence-corrected chi connectivity index (χ0v) is 16.7. The van der Waals surface area contributed by atoms with Crippen LogP contribution in [0.4, 0.5) is 13.2 Å². The largest absolute Gasteiger partial charge is 0.427 e. The van der Waals surface area contributed by atoms with E-state index in [1.165, 1.54) is 48.5 Å². The van der Waals surface area contributed by atoms with Crippen molar-refractivity contribution in [3.8, 4) is 5.75 Å². The summed E-state index contributed by atoms with van der Waals surface area (Å²) in [5.74, 6) is -3.51. The molecular weight excluding hydrogens is 423 g/mol. The van der Waals surface area contributed by atoms with Crippen LogP contribution in [-0.2, 0) is 4.79 Å². The number of carbonyl (C=O) groups excluding carboxylic acids is 3. The number of amides is 1. The standard InChI is InChI=1S/C24H18F3NO4/c25-17-7-3-15(4-8-17)23(30)16-5-10-19(11-6-16)32-22(29)2-1-13-28-24(31)20-12-9-18(26)14-21(20)27/h3-12,14H,1-2,13H2,(H,28,31). The summed E-state index contributed by atoms with van der Waals surface area (Å²) in [7, 11) is 0. The van der Waals surface area contributed by atoms with Crippen LogP contribution >= 0.6 is 0 Å². The lowest BCUT2D eigenvalue weighted by atomic mass is 10.0. The summed E-state index contributed by atoms with van der Waals surface area (Å²) < 4.78 is 44.6. The highest BCUT2D eigenvalue weighted by atomic mass is 19.1. The summed E-state index contributed by atoms with van der Waals surface area (Å²) >= 11 is 0. The van der Waals surface area contributed by atoms with E-state index in [-0.39, 0.29) is 36.5 Å². The first-order valence-electron chi connectivity index (χ1n) is 9.68. The first kappa shape index (κ1) is 22.7. The molecule has 164 valence electrons. The number of rotatable bonds is 8. The van der Waals surface area contributed by atoms with E-state index >= 15 is 0 Å². The van der Waals surface area contributed by atoms with Crippen LogP contribution in [0.5, 0.6) is 5.75 Å². The van der Waals surface area contributed by atoms with E-state index in [9.17, 15) is 27.6 Å². The minimum Gasteiger partial charge on any atom is -0.427 e. The predicted molar refractivity (Wildman–Crippen MR) is 110 cm³/mol. The minimum absolute atomic E-state index is 0.0115. The maximum atomic E-state index is 13.6. The van der Waals surface area contributed by atoms with Crippen molar-refractivity contribution in [2.45, 2.75) is 12.8 Å². The van der Waals surface area contributed by atoms with Crippen molar-refractivity contribution >= 4 is 17.7 Å². The normalized spacial score (nSPS) is 10.5. The molecule has 3 rings (SSSR count). The molecule has 0 radical (unpaired) electrons. The number of halogens is 3. The van der Waals surface area contributed by atoms with Gasteiger partial charge in [-0.2, -0.15) is 0 Å². The Balaban J connectivity index is 1.44. The molecule has 0 bridgehead atoms. The number of esters is 1. The second-order valence-electron chi connectivity index (χ2n) is 6.82. The van der Waals surface area contributed by atoms with Crippen LogP contribution < -0.4 is 10.1 Å². The second-order valence-corrected chi connectivity index (χ2v) is 6.82. The van der Waals surface area contributed by atoms with Gasteiger partial charge in [0.15, 0.2) is 5.78 Å². The zero-order chi connectivity index (χ0) is 23.1. The van der Waals surface area contributed by atoms with Crippen molar-refractivity contribution in [3.63, 3.8) is 0 Å². The molecule has 3 aromatic rings.